The lowest BCUT2D eigenvalue weighted by molar-refractivity contribution is 0.186. The zero-order chi connectivity index (χ0) is 19.6. The molecule has 0 aromatic carbocycles. The van der Waals surface area contributed by atoms with Gasteiger partial charge in [0.2, 0.25) is 0 Å². The second-order valence-electron chi connectivity index (χ2n) is 3.18. The molecule has 0 aliphatic rings. The molecule has 0 atom stereocenters. The van der Waals surface area contributed by atoms with Crippen LogP contribution in [0.2, 0.25) is 0 Å². The minimum Gasteiger partial charge on any atom is -0.394 e. The van der Waals surface area contributed by atoms with Gasteiger partial charge in [-0.25, -0.2) is 0 Å². The van der Waals surface area contributed by atoms with Crippen LogP contribution in [0.15, 0.2) is 0 Å². The van der Waals surface area contributed by atoms with Gasteiger partial charge < -0.3 is 50.6 Å². The molecule has 148 valence electrons. The number of aliphatic hydroxyl groups is 8. The van der Waals surface area contributed by atoms with E-state index in [-0.39, 0.29) is 59.0 Å². The third-order valence-corrected chi connectivity index (χ3v) is 1.94. The smallest absolute Gasteiger partial charge is 0.325 e. The summed E-state index contributed by atoms with van der Waals surface area (Å²) in [6, 6.07) is 0. The van der Waals surface area contributed by atoms with Crippen molar-refractivity contribution in [1.82, 2.24) is 0 Å². The second kappa shape index (κ2) is 37.8. The topological polar surface area (TPSA) is 219 Å². The van der Waals surface area contributed by atoms with Crippen molar-refractivity contribution in [3.63, 3.8) is 0 Å². The van der Waals surface area contributed by atoms with Crippen LogP contribution < -0.4 is 0 Å². The molecule has 11 nitrogen and oxygen atoms in total. The zero-order valence-corrected chi connectivity index (χ0v) is 14.3. The van der Waals surface area contributed by atoms with Crippen molar-refractivity contribution in [2.45, 2.75) is 13.3 Å². The van der Waals surface area contributed by atoms with Crippen molar-refractivity contribution >= 4 is 7.60 Å². The Bertz CT molecular complexity index is 165. The van der Waals surface area contributed by atoms with Gasteiger partial charge in [0.25, 0.3) is 0 Å². The highest BCUT2D eigenvalue weighted by Crippen LogP contribution is 2.34. The maximum Gasteiger partial charge on any atom is 0.325 e. The lowest BCUT2D eigenvalue weighted by Crippen LogP contribution is -1.85. The Kier molecular flexibility index (Phi) is 56.2. The van der Waals surface area contributed by atoms with E-state index in [1.807, 2.05) is 0 Å². The maximum absolute atomic E-state index is 9.93. The zero-order valence-electron chi connectivity index (χ0n) is 13.4. The molecule has 0 bridgehead atoms. The van der Waals surface area contributed by atoms with Crippen LogP contribution in [-0.2, 0) is 4.57 Å². The number of hydrogen-bond donors (Lipinski definition) is 10. The molecule has 0 unspecified atom stereocenters. The Balaban J connectivity index is -0.0000000604. The van der Waals surface area contributed by atoms with Crippen LogP contribution in [0.1, 0.15) is 13.3 Å². The molecule has 0 radical (unpaired) electrons. The van der Waals surface area contributed by atoms with E-state index >= 15 is 0 Å². The predicted octanol–water partition coefficient (Wildman–Crippen LogP) is -3.54. The van der Waals surface area contributed by atoms with E-state index in [9.17, 15) is 4.57 Å². The minimum atomic E-state index is -3.67. The summed E-state index contributed by atoms with van der Waals surface area (Å²) >= 11 is 0. The molecule has 0 aromatic heterocycles. The van der Waals surface area contributed by atoms with E-state index in [4.69, 9.17) is 50.6 Å². The highest BCUT2D eigenvalue weighted by Gasteiger charge is 2.08. The normalized spacial score (nSPS) is 8.83. The first-order chi connectivity index (χ1) is 10.7. The van der Waals surface area contributed by atoms with Gasteiger partial charge in [0, 0.05) is 6.16 Å². The van der Waals surface area contributed by atoms with E-state index in [1.165, 1.54) is 0 Å². The highest BCUT2D eigenvalue weighted by atomic mass is 31.2. The average Bonchev–Trinajstić information content (AvgIpc) is 2.54. The summed E-state index contributed by atoms with van der Waals surface area (Å²) in [5.74, 6) is 0. The first-order valence-electron chi connectivity index (χ1n) is 6.64. The third-order valence-electron chi connectivity index (χ3n) is 0.915. The summed E-state index contributed by atoms with van der Waals surface area (Å²) in [5, 5.41) is 61.0. The van der Waals surface area contributed by atoms with Gasteiger partial charge in [-0.05, 0) is 6.42 Å². The van der Waals surface area contributed by atoms with E-state index < -0.39 is 7.60 Å². The number of hydrogen-bond acceptors (Lipinski definition) is 9. The van der Waals surface area contributed by atoms with E-state index in [0.717, 1.165) is 0 Å². The van der Waals surface area contributed by atoms with Gasteiger partial charge >= 0.3 is 7.60 Å². The van der Waals surface area contributed by atoms with Gasteiger partial charge in [0.05, 0.1) is 52.9 Å². The highest BCUT2D eigenvalue weighted by molar-refractivity contribution is 7.51. The summed E-state index contributed by atoms with van der Waals surface area (Å²) in [6.07, 6.45) is 0.553. The molecule has 0 fully saturated rings. The molecule has 0 heterocycles. The Morgan fingerprint density at radius 3 is 0.739 bits per heavy atom. The van der Waals surface area contributed by atoms with Crippen LogP contribution >= 0.6 is 7.60 Å². The molecule has 0 amide bonds. The van der Waals surface area contributed by atoms with E-state index in [1.54, 1.807) is 6.92 Å². The van der Waals surface area contributed by atoms with Crippen molar-refractivity contribution in [2.24, 2.45) is 0 Å². The fraction of sp³-hybridized carbons (Fsp3) is 1.00. The molecule has 0 saturated carbocycles. The first kappa shape index (κ1) is 34.2. The van der Waals surface area contributed by atoms with E-state index in [0.29, 0.717) is 6.42 Å². The van der Waals surface area contributed by atoms with Crippen molar-refractivity contribution < 1.29 is 55.2 Å². The molecule has 0 aliphatic carbocycles. The summed E-state index contributed by atoms with van der Waals surface area (Å²) in [6.45, 7) is 0.735. The fourth-order valence-corrected chi connectivity index (χ4v) is 0.874. The molecule has 0 aliphatic heterocycles. The maximum atomic E-state index is 9.93. The van der Waals surface area contributed by atoms with Crippen LogP contribution in [-0.4, -0.2) is 110 Å². The van der Waals surface area contributed by atoms with Gasteiger partial charge in [0.1, 0.15) is 0 Å². The van der Waals surface area contributed by atoms with Crippen LogP contribution in [0, 0.1) is 0 Å². The lowest BCUT2D eigenvalue weighted by Gasteiger charge is -1.96. The summed E-state index contributed by atoms with van der Waals surface area (Å²) in [5.41, 5.74) is 0. The average molecular weight is 372 g/mol. The van der Waals surface area contributed by atoms with Gasteiger partial charge in [-0.2, -0.15) is 0 Å². The number of aliphatic hydroxyl groups excluding tert-OH is 8. The molecule has 0 rings (SSSR count). The fourth-order valence-electron chi connectivity index (χ4n) is 0.291. The van der Waals surface area contributed by atoms with Gasteiger partial charge in [-0.3, -0.25) is 4.57 Å². The van der Waals surface area contributed by atoms with Crippen LogP contribution in [0.5, 0.6) is 0 Å². The largest absolute Gasteiger partial charge is 0.394 e. The molecule has 23 heavy (non-hydrogen) atoms. The van der Waals surface area contributed by atoms with Gasteiger partial charge in [-0.15, -0.1) is 0 Å². The SMILES string of the molecule is CCCP(=O)(O)O.OCCO.OCCO.OCCO.OCCO. The molecule has 0 saturated heterocycles. The van der Waals surface area contributed by atoms with Crippen molar-refractivity contribution in [3.8, 4) is 0 Å². The predicted molar refractivity (Wildman–Crippen MR) is 83.9 cm³/mol. The van der Waals surface area contributed by atoms with Crippen LogP contribution in [0.25, 0.3) is 0 Å². The molecule has 0 aromatic rings. The third kappa shape index (κ3) is 140. The monoisotopic (exact) mass is 372 g/mol. The number of rotatable bonds is 6. The van der Waals surface area contributed by atoms with Crippen molar-refractivity contribution in [1.29, 1.82) is 0 Å². The summed E-state index contributed by atoms with van der Waals surface area (Å²) < 4.78 is 9.93. The standard InChI is InChI=1S/C3H9O3P.4C2H6O2/c1-2-3-7(4,5)6;4*3-1-2-4/h2-3H2,1H3,(H2,4,5,6);4*3-4H,1-2H2. The molecule has 10 N–H and O–H groups in total. The Labute approximate surface area is 136 Å². The molecule has 0 spiro atoms. The van der Waals surface area contributed by atoms with Crippen LogP contribution in [0.4, 0.5) is 0 Å². The summed E-state index contributed by atoms with van der Waals surface area (Å²) in [4.78, 5) is 16.3. The Morgan fingerprint density at radius 2 is 0.739 bits per heavy atom. The molecular weight excluding hydrogens is 339 g/mol. The lowest BCUT2D eigenvalue weighted by atomic mass is 10.6. The van der Waals surface area contributed by atoms with Crippen LogP contribution in [0.3, 0.4) is 0 Å². The second-order valence-corrected chi connectivity index (χ2v) is 4.95. The first-order valence-corrected chi connectivity index (χ1v) is 8.43. The summed E-state index contributed by atoms with van der Waals surface area (Å²) in [7, 11) is -3.67. The minimum absolute atomic E-state index is 0.00694. The molecular formula is C11H33O11P. The quantitative estimate of drug-likeness (QED) is 0.206. The Morgan fingerprint density at radius 1 is 0.565 bits per heavy atom. The molecule has 12 heteroatoms. The van der Waals surface area contributed by atoms with E-state index in [2.05, 4.69) is 0 Å². The Hall–Kier alpha value is -0.170. The van der Waals surface area contributed by atoms with Crippen molar-refractivity contribution in [3.05, 3.63) is 0 Å². The van der Waals surface area contributed by atoms with Crippen molar-refractivity contribution in [2.75, 3.05) is 59.0 Å². The van der Waals surface area contributed by atoms with Gasteiger partial charge in [0.15, 0.2) is 0 Å². The van der Waals surface area contributed by atoms with Gasteiger partial charge in [-0.1, -0.05) is 6.92 Å².